The third-order valence-electron chi connectivity index (χ3n) is 5.44. The minimum Gasteiger partial charge on any atom is -0.457 e. The average Bonchev–Trinajstić information content (AvgIpc) is 3.34. The van der Waals surface area contributed by atoms with Gasteiger partial charge in [0.2, 0.25) is 0 Å². The lowest BCUT2D eigenvalue weighted by molar-refractivity contribution is -0.117. The van der Waals surface area contributed by atoms with Gasteiger partial charge in [0.15, 0.2) is 0 Å². The monoisotopic (exact) mass is 473 g/mol. The number of amides is 1. The third-order valence-corrected chi connectivity index (χ3v) is 5.44. The van der Waals surface area contributed by atoms with E-state index in [-0.39, 0.29) is 31.8 Å². The Labute approximate surface area is 204 Å². The number of benzene rings is 2. The Balaban J connectivity index is 0.00000361. The molecule has 0 bridgehead atoms. The van der Waals surface area contributed by atoms with Crippen LogP contribution in [0, 0.1) is 12.7 Å². The molecule has 0 saturated carbocycles. The lowest BCUT2D eigenvalue weighted by Crippen LogP contribution is -2.21. The SMILES string of the molecule is CCNC(=O)c1c[nH]c(-c2cc(Oc3ccc(CC(=O)Cc4cc(C)ccc4F)cc3)ccn2)c1.[HH]. The summed E-state index contributed by atoms with van der Waals surface area (Å²) in [5, 5.41) is 2.76. The number of hydrogen-bond acceptors (Lipinski definition) is 4. The lowest BCUT2D eigenvalue weighted by atomic mass is 10.0. The van der Waals surface area contributed by atoms with Crippen molar-refractivity contribution in [2.24, 2.45) is 0 Å². The highest BCUT2D eigenvalue weighted by Gasteiger charge is 2.12. The minimum atomic E-state index is -0.357. The maximum absolute atomic E-state index is 13.9. The van der Waals surface area contributed by atoms with E-state index in [0.29, 0.717) is 40.6 Å². The molecule has 4 rings (SSSR count). The van der Waals surface area contributed by atoms with E-state index in [1.807, 2.05) is 26.0 Å². The van der Waals surface area contributed by atoms with Gasteiger partial charge in [-0.05, 0) is 55.3 Å². The highest BCUT2D eigenvalue weighted by molar-refractivity contribution is 5.95. The third kappa shape index (κ3) is 6.20. The fraction of sp³-hybridized carbons (Fsp3) is 0.179. The van der Waals surface area contributed by atoms with Gasteiger partial charge in [-0.15, -0.1) is 0 Å². The van der Waals surface area contributed by atoms with Crippen LogP contribution in [-0.4, -0.2) is 28.2 Å². The van der Waals surface area contributed by atoms with Crippen LogP contribution >= 0.6 is 0 Å². The quantitative estimate of drug-likeness (QED) is 0.328. The molecule has 1 amide bonds. The number of nitrogens with one attached hydrogen (secondary N) is 2. The number of aromatic nitrogens is 2. The first-order chi connectivity index (χ1) is 16.9. The summed E-state index contributed by atoms with van der Waals surface area (Å²) < 4.78 is 19.9. The lowest BCUT2D eigenvalue weighted by Gasteiger charge is -2.08. The molecule has 7 heteroatoms. The van der Waals surface area contributed by atoms with Crippen LogP contribution in [0.4, 0.5) is 4.39 Å². The van der Waals surface area contributed by atoms with Crippen molar-refractivity contribution in [2.75, 3.05) is 6.54 Å². The second-order valence-electron chi connectivity index (χ2n) is 8.27. The largest absolute Gasteiger partial charge is 0.457 e. The van der Waals surface area contributed by atoms with Crippen LogP contribution in [0.5, 0.6) is 11.5 Å². The highest BCUT2D eigenvalue weighted by atomic mass is 19.1. The molecule has 0 radical (unpaired) electrons. The molecule has 0 aliphatic heterocycles. The number of Topliss-reactive ketones (excluding diaryl/α,β-unsaturated/α-hetero) is 1. The Bertz CT molecular complexity index is 1350. The Morgan fingerprint density at radius 1 is 1.03 bits per heavy atom. The van der Waals surface area contributed by atoms with Gasteiger partial charge in [0.05, 0.1) is 17.0 Å². The van der Waals surface area contributed by atoms with Crippen molar-refractivity contribution >= 4 is 11.7 Å². The molecule has 2 N–H and O–H groups in total. The number of ether oxygens (including phenoxy) is 1. The number of aryl methyl sites for hydroxylation is 1. The second kappa shape index (κ2) is 10.8. The van der Waals surface area contributed by atoms with Crippen molar-refractivity contribution in [3.05, 3.63) is 101 Å². The maximum Gasteiger partial charge on any atom is 0.252 e. The number of carbonyl (C=O) groups excluding carboxylic acids is 2. The van der Waals surface area contributed by atoms with Gasteiger partial charge in [-0.3, -0.25) is 14.6 Å². The summed E-state index contributed by atoms with van der Waals surface area (Å²) >= 11 is 0. The Morgan fingerprint density at radius 3 is 2.60 bits per heavy atom. The van der Waals surface area contributed by atoms with E-state index < -0.39 is 0 Å². The van der Waals surface area contributed by atoms with Gasteiger partial charge in [-0.25, -0.2) is 4.39 Å². The molecule has 0 aliphatic rings. The molecule has 2 heterocycles. The summed E-state index contributed by atoms with van der Waals surface area (Å²) in [6, 6.07) is 17.3. The van der Waals surface area contributed by atoms with Crippen LogP contribution in [0.1, 0.15) is 35.4 Å². The van der Waals surface area contributed by atoms with Crippen LogP contribution in [0.2, 0.25) is 0 Å². The Kier molecular flexibility index (Phi) is 7.35. The molecule has 6 nitrogen and oxygen atoms in total. The predicted molar refractivity (Wildman–Crippen MR) is 134 cm³/mol. The normalized spacial score (nSPS) is 10.7. The van der Waals surface area contributed by atoms with Crippen molar-refractivity contribution in [2.45, 2.75) is 26.7 Å². The van der Waals surface area contributed by atoms with Crippen LogP contribution in [0.25, 0.3) is 11.4 Å². The molecule has 2 aromatic carbocycles. The molecule has 0 fully saturated rings. The number of pyridine rings is 1. The van der Waals surface area contributed by atoms with E-state index in [1.165, 1.54) is 6.07 Å². The van der Waals surface area contributed by atoms with E-state index in [9.17, 15) is 14.0 Å². The minimum absolute atomic E-state index is 0. The standard InChI is InChI=1S/C28H26FN3O3.H2/c1-3-30-28(34)21-15-26(32-17-21)27-16-24(10-11-31-27)35-23-7-5-19(6-8-23)13-22(33)14-20-12-18(2)4-9-25(20)29;/h4-12,15-17,32H,3,13-14H2,1-2H3,(H,30,34);1H. The number of nitrogens with zero attached hydrogens (tertiary/aromatic N) is 1. The van der Waals surface area contributed by atoms with Crippen LogP contribution in [0.15, 0.2) is 73.1 Å². The first kappa shape index (κ1) is 23.9. The summed E-state index contributed by atoms with van der Waals surface area (Å²) in [6.07, 6.45) is 3.55. The van der Waals surface area contributed by atoms with Crippen molar-refractivity contribution in [1.29, 1.82) is 0 Å². The zero-order valence-corrected chi connectivity index (χ0v) is 19.6. The number of aromatic amines is 1. The zero-order valence-electron chi connectivity index (χ0n) is 19.6. The molecule has 0 atom stereocenters. The van der Waals surface area contributed by atoms with Gasteiger partial charge >= 0.3 is 0 Å². The topological polar surface area (TPSA) is 84.1 Å². The molecule has 0 saturated heterocycles. The maximum atomic E-state index is 13.9. The molecule has 180 valence electrons. The number of H-pyrrole nitrogens is 1. The van der Waals surface area contributed by atoms with Crippen LogP contribution in [0.3, 0.4) is 0 Å². The Morgan fingerprint density at radius 2 is 1.83 bits per heavy atom. The fourth-order valence-corrected chi connectivity index (χ4v) is 3.71. The highest BCUT2D eigenvalue weighted by Crippen LogP contribution is 2.26. The number of ketones is 1. The van der Waals surface area contributed by atoms with Gasteiger partial charge < -0.3 is 15.0 Å². The molecule has 0 aliphatic carbocycles. The molecule has 2 aromatic heterocycles. The van der Waals surface area contributed by atoms with Gasteiger partial charge in [0, 0.05) is 39.3 Å². The van der Waals surface area contributed by atoms with Gasteiger partial charge in [0.25, 0.3) is 5.91 Å². The van der Waals surface area contributed by atoms with E-state index in [4.69, 9.17) is 4.74 Å². The van der Waals surface area contributed by atoms with E-state index in [1.54, 1.807) is 54.9 Å². The van der Waals surface area contributed by atoms with Gasteiger partial charge in [-0.1, -0.05) is 29.8 Å². The van der Waals surface area contributed by atoms with Crippen LogP contribution in [-0.2, 0) is 17.6 Å². The first-order valence-corrected chi connectivity index (χ1v) is 11.4. The van der Waals surface area contributed by atoms with E-state index >= 15 is 0 Å². The van der Waals surface area contributed by atoms with Crippen molar-refractivity contribution in [1.82, 2.24) is 15.3 Å². The predicted octanol–water partition coefficient (Wildman–Crippen LogP) is 5.67. The summed E-state index contributed by atoms with van der Waals surface area (Å²) in [4.78, 5) is 31.9. The summed E-state index contributed by atoms with van der Waals surface area (Å²) in [7, 11) is 0. The molecular formula is C28H28FN3O3. The number of hydrogen-bond donors (Lipinski definition) is 2. The molecule has 4 aromatic rings. The van der Waals surface area contributed by atoms with Crippen molar-refractivity contribution < 1.29 is 20.1 Å². The second-order valence-corrected chi connectivity index (χ2v) is 8.27. The zero-order chi connectivity index (χ0) is 24.8. The van der Waals surface area contributed by atoms with E-state index in [2.05, 4.69) is 15.3 Å². The fourth-order valence-electron chi connectivity index (χ4n) is 3.71. The van der Waals surface area contributed by atoms with Crippen LogP contribution < -0.4 is 10.1 Å². The molecular weight excluding hydrogens is 445 g/mol. The molecule has 35 heavy (non-hydrogen) atoms. The Hall–Kier alpha value is -4.26. The van der Waals surface area contributed by atoms with Crippen molar-refractivity contribution in [3.63, 3.8) is 0 Å². The van der Waals surface area contributed by atoms with E-state index in [0.717, 1.165) is 11.1 Å². The number of carbonyl (C=O) groups is 2. The number of halogens is 1. The average molecular weight is 474 g/mol. The molecule has 0 spiro atoms. The van der Waals surface area contributed by atoms with Gasteiger partial charge in [-0.2, -0.15) is 0 Å². The summed E-state index contributed by atoms with van der Waals surface area (Å²) in [5.74, 6) is 0.634. The number of rotatable bonds is 9. The smallest absolute Gasteiger partial charge is 0.252 e. The molecule has 0 unspecified atom stereocenters. The first-order valence-electron chi connectivity index (χ1n) is 11.4. The van der Waals surface area contributed by atoms with Crippen molar-refractivity contribution in [3.8, 4) is 22.9 Å². The summed E-state index contributed by atoms with van der Waals surface area (Å²) in [5.41, 5.74) is 4.05. The van der Waals surface area contributed by atoms with Gasteiger partial charge in [0.1, 0.15) is 23.1 Å². The summed E-state index contributed by atoms with van der Waals surface area (Å²) in [6.45, 7) is 4.29.